The summed E-state index contributed by atoms with van der Waals surface area (Å²) in [5.41, 5.74) is 1.95. The molecule has 1 fully saturated rings. The number of thiophene rings is 1. The van der Waals surface area contributed by atoms with E-state index in [1.165, 1.54) is 0 Å². The number of nitrogens with zero attached hydrogens (tertiary/aromatic N) is 1. The fourth-order valence-electron chi connectivity index (χ4n) is 3.48. The van der Waals surface area contributed by atoms with Crippen LogP contribution in [0.3, 0.4) is 0 Å². The largest absolute Gasteiger partial charge is 0.467 e. The molecular formula is C21H20N2O3S. The van der Waals surface area contributed by atoms with Gasteiger partial charge in [0, 0.05) is 17.0 Å². The van der Waals surface area contributed by atoms with E-state index in [2.05, 4.69) is 5.32 Å². The van der Waals surface area contributed by atoms with E-state index in [0.717, 1.165) is 16.1 Å². The van der Waals surface area contributed by atoms with Crippen LogP contribution in [0.4, 0.5) is 5.69 Å². The molecule has 5 nitrogen and oxygen atoms in total. The molecule has 138 valence electrons. The fourth-order valence-corrected chi connectivity index (χ4v) is 4.36. The number of anilines is 1. The maximum atomic E-state index is 12.9. The van der Waals surface area contributed by atoms with E-state index in [0.29, 0.717) is 12.3 Å². The number of hydrogen-bond donors (Lipinski definition) is 1. The highest BCUT2D eigenvalue weighted by Crippen LogP contribution is 2.43. The third-order valence-electron chi connectivity index (χ3n) is 4.82. The van der Waals surface area contributed by atoms with Gasteiger partial charge in [0.25, 0.3) is 0 Å². The van der Waals surface area contributed by atoms with Crippen molar-refractivity contribution in [1.82, 2.24) is 5.32 Å². The van der Waals surface area contributed by atoms with Crippen LogP contribution in [0.5, 0.6) is 0 Å². The van der Waals surface area contributed by atoms with Crippen LogP contribution in [0.15, 0.2) is 64.6 Å². The molecule has 3 heterocycles. The molecule has 1 aliphatic heterocycles. The molecule has 0 bridgehead atoms. The minimum atomic E-state index is -0.438. The lowest BCUT2D eigenvalue weighted by Gasteiger charge is -2.27. The molecular weight excluding hydrogens is 360 g/mol. The maximum Gasteiger partial charge on any atom is 0.228 e. The SMILES string of the molecule is Cc1ccc(N2C(=O)C[C@@H](C(=O)NCc3ccco3)[C@@H]2c2cccs2)cc1. The lowest BCUT2D eigenvalue weighted by Crippen LogP contribution is -2.35. The summed E-state index contributed by atoms with van der Waals surface area (Å²) in [6.07, 6.45) is 1.77. The first-order chi connectivity index (χ1) is 13.1. The predicted octanol–water partition coefficient (Wildman–Crippen LogP) is 4.06. The first kappa shape index (κ1) is 17.5. The highest BCUT2D eigenvalue weighted by atomic mass is 32.1. The molecule has 0 aliphatic carbocycles. The zero-order valence-corrected chi connectivity index (χ0v) is 15.7. The van der Waals surface area contributed by atoms with Crippen molar-refractivity contribution in [2.75, 3.05) is 4.90 Å². The van der Waals surface area contributed by atoms with Crippen LogP contribution in [0.1, 0.15) is 28.7 Å². The maximum absolute atomic E-state index is 12.9. The van der Waals surface area contributed by atoms with Crippen LogP contribution in [-0.2, 0) is 16.1 Å². The number of furan rings is 1. The Bertz CT molecular complexity index is 917. The van der Waals surface area contributed by atoms with Gasteiger partial charge in [-0.15, -0.1) is 11.3 Å². The molecule has 1 aromatic carbocycles. The van der Waals surface area contributed by atoms with E-state index >= 15 is 0 Å². The smallest absolute Gasteiger partial charge is 0.228 e. The molecule has 6 heteroatoms. The van der Waals surface area contributed by atoms with Gasteiger partial charge < -0.3 is 14.6 Å². The topological polar surface area (TPSA) is 62.6 Å². The first-order valence-corrected chi connectivity index (χ1v) is 9.73. The average Bonchev–Trinajstić information content (AvgIpc) is 3.41. The van der Waals surface area contributed by atoms with Crippen LogP contribution in [0, 0.1) is 12.8 Å². The molecule has 27 heavy (non-hydrogen) atoms. The van der Waals surface area contributed by atoms with Gasteiger partial charge >= 0.3 is 0 Å². The van der Waals surface area contributed by atoms with Crippen LogP contribution in [0.25, 0.3) is 0 Å². The van der Waals surface area contributed by atoms with Crippen molar-refractivity contribution < 1.29 is 14.0 Å². The zero-order chi connectivity index (χ0) is 18.8. The Kier molecular flexibility index (Phi) is 4.81. The van der Waals surface area contributed by atoms with Gasteiger partial charge in [0.05, 0.1) is 24.8 Å². The number of nitrogens with one attached hydrogen (secondary N) is 1. The Hall–Kier alpha value is -2.86. The Balaban J connectivity index is 1.62. The Morgan fingerprint density at radius 2 is 2.04 bits per heavy atom. The lowest BCUT2D eigenvalue weighted by atomic mass is 9.97. The molecule has 1 saturated heterocycles. The number of carbonyl (C=O) groups is 2. The molecule has 4 rings (SSSR count). The predicted molar refractivity (Wildman–Crippen MR) is 104 cm³/mol. The summed E-state index contributed by atoms with van der Waals surface area (Å²) in [7, 11) is 0. The van der Waals surface area contributed by atoms with Gasteiger partial charge in [-0.25, -0.2) is 0 Å². The van der Waals surface area contributed by atoms with Gasteiger partial charge in [-0.3, -0.25) is 9.59 Å². The van der Waals surface area contributed by atoms with Gasteiger partial charge in [0.15, 0.2) is 0 Å². The highest BCUT2D eigenvalue weighted by molar-refractivity contribution is 7.10. The molecule has 0 saturated carbocycles. The van der Waals surface area contributed by atoms with Gasteiger partial charge in [-0.1, -0.05) is 23.8 Å². The molecule has 0 unspecified atom stereocenters. The van der Waals surface area contributed by atoms with Crippen molar-refractivity contribution in [2.24, 2.45) is 5.92 Å². The van der Waals surface area contributed by atoms with E-state index < -0.39 is 5.92 Å². The zero-order valence-electron chi connectivity index (χ0n) is 14.9. The van der Waals surface area contributed by atoms with E-state index in [4.69, 9.17) is 4.42 Å². The summed E-state index contributed by atoms with van der Waals surface area (Å²) in [5, 5.41) is 4.89. The summed E-state index contributed by atoms with van der Waals surface area (Å²) in [6, 6.07) is 15.1. The van der Waals surface area contributed by atoms with E-state index in [1.807, 2.05) is 54.8 Å². The molecule has 1 N–H and O–H groups in total. The molecule has 0 radical (unpaired) electrons. The normalized spacial score (nSPS) is 19.4. The second-order valence-corrected chi connectivity index (χ2v) is 7.65. The molecule has 2 aromatic heterocycles. The standard InChI is InChI=1S/C21H20N2O3S/c1-14-6-8-15(9-7-14)23-19(24)12-17(20(23)18-5-3-11-27-18)21(25)22-13-16-4-2-10-26-16/h2-11,17,20H,12-13H2,1H3,(H,22,25)/t17-,20-/m1/s1. The number of aryl methyl sites for hydroxylation is 1. The summed E-state index contributed by atoms with van der Waals surface area (Å²) in [6.45, 7) is 2.33. The van der Waals surface area contributed by atoms with Gasteiger partial charge in [-0.05, 0) is 42.6 Å². The summed E-state index contributed by atoms with van der Waals surface area (Å²) in [5.74, 6) is 0.0892. The van der Waals surface area contributed by atoms with Crippen molar-refractivity contribution in [1.29, 1.82) is 0 Å². The Morgan fingerprint density at radius 3 is 2.70 bits per heavy atom. The highest BCUT2D eigenvalue weighted by Gasteiger charge is 2.45. The molecule has 2 atom stereocenters. The van der Waals surface area contributed by atoms with E-state index in [9.17, 15) is 9.59 Å². The van der Waals surface area contributed by atoms with Crippen LogP contribution in [0.2, 0.25) is 0 Å². The van der Waals surface area contributed by atoms with Crippen molar-refractivity contribution in [3.05, 3.63) is 76.4 Å². The van der Waals surface area contributed by atoms with Crippen LogP contribution < -0.4 is 10.2 Å². The minimum Gasteiger partial charge on any atom is -0.467 e. The summed E-state index contributed by atoms with van der Waals surface area (Å²) in [4.78, 5) is 28.5. The molecule has 3 aromatic rings. The lowest BCUT2D eigenvalue weighted by molar-refractivity contribution is -0.127. The van der Waals surface area contributed by atoms with Crippen LogP contribution in [-0.4, -0.2) is 11.8 Å². The molecule has 0 spiro atoms. The van der Waals surface area contributed by atoms with E-state index in [-0.39, 0.29) is 24.3 Å². The first-order valence-electron chi connectivity index (χ1n) is 8.85. The third-order valence-corrected chi connectivity index (χ3v) is 5.77. The summed E-state index contributed by atoms with van der Waals surface area (Å²) >= 11 is 1.57. The van der Waals surface area contributed by atoms with Gasteiger partial charge in [0.2, 0.25) is 11.8 Å². The molecule has 2 amide bonds. The second kappa shape index (κ2) is 7.40. The number of rotatable bonds is 5. The fraction of sp³-hybridized carbons (Fsp3) is 0.238. The number of amides is 2. The summed E-state index contributed by atoms with van der Waals surface area (Å²) < 4.78 is 5.28. The van der Waals surface area contributed by atoms with E-state index in [1.54, 1.807) is 28.6 Å². The van der Waals surface area contributed by atoms with Gasteiger partial charge in [-0.2, -0.15) is 0 Å². The van der Waals surface area contributed by atoms with Crippen molar-refractivity contribution >= 4 is 28.8 Å². The number of benzene rings is 1. The van der Waals surface area contributed by atoms with Gasteiger partial charge in [0.1, 0.15) is 5.76 Å². The average molecular weight is 380 g/mol. The quantitative estimate of drug-likeness (QED) is 0.726. The second-order valence-electron chi connectivity index (χ2n) is 6.67. The molecule has 1 aliphatic rings. The Morgan fingerprint density at radius 1 is 1.22 bits per heavy atom. The number of carbonyl (C=O) groups excluding carboxylic acids is 2. The van der Waals surface area contributed by atoms with Crippen molar-refractivity contribution in [3.8, 4) is 0 Å². The van der Waals surface area contributed by atoms with Crippen molar-refractivity contribution in [3.63, 3.8) is 0 Å². The third kappa shape index (κ3) is 3.53. The Labute approximate surface area is 161 Å². The van der Waals surface area contributed by atoms with Crippen molar-refractivity contribution in [2.45, 2.75) is 25.9 Å². The van der Waals surface area contributed by atoms with Crippen LogP contribution >= 0.6 is 11.3 Å². The number of hydrogen-bond acceptors (Lipinski definition) is 4. The minimum absolute atomic E-state index is 0.0320. The monoisotopic (exact) mass is 380 g/mol.